The van der Waals surface area contributed by atoms with Crippen LogP contribution in [-0.2, 0) is 0 Å². The zero-order valence-electron chi connectivity index (χ0n) is 6.28. The van der Waals surface area contributed by atoms with Crippen molar-refractivity contribution in [1.82, 2.24) is 5.06 Å². The second-order valence-electron chi connectivity index (χ2n) is 2.44. The molecule has 0 saturated carbocycles. The van der Waals surface area contributed by atoms with Gasteiger partial charge in [0.25, 0.3) is 0 Å². The number of nitrogens with two attached hydrogens (primary N) is 1. The maximum Gasteiger partial charge on any atom is 0.131 e. The van der Waals surface area contributed by atoms with Gasteiger partial charge >= 0.3 is 0 Å². The molecule has 4 N–H and O–H groups in total. The van der Waals surface area contributed by atoms with Crippen LogP contribution in [0.25, 0.3) is 0 Å². The van der Waals surface area contributed by atoms with Crippen molar-refractivity contribution in [2.24, 2.45) is 5.73 Å². The first-order chi connectivity index (χ1) is 5.13. The minimum atomic E-state index is -0.500. The zero-order chi connectivity index (χ0) is 8.43. The number of allylic oxidation sites excluding steroid dienone is 3. The molecule has 0 saturated heterocycles. The molecule has 0 aromatic carbocycles. The average molecular weight is 153 g/mol. The minimum Gasteiger partial charge on any atom is -0.386 e. The van der Waals surface area contributed by atoms with Crippen molar-refractivity contribution < 1.29 is 5.21 Å². The maximum atomic E-state index is 9.30. The van der Waals surface area contributed by atoms with E-state index in [-0.39, 0.29) is 5.84 Å². The van der Waals surface area contributed by atoms with E-state index >= 15 is 0 Å². The summed E-state index contributed by atoms with van der Waals surface area (Å²) in [5.41, 5.74) is 5.91. The van der Waals surface area contributed by atoms with Crippen LogP contribution in [0.15, 0.2) is 23.9 Å². The predicted octanol–water partition coefficient (Wildman–Crippen LogP) is 0.456. The average Bonchev–Trinajstić information content (AvgIpc) is 1.94. The Balaban J connectivity index is 2.81. The van der Waals surface area contributed by atoms with Crippen molar-refractivity contribution in [2.45, 2.75) is 13.0 Å². The molecule has 1 heterocycles. The summed E-state index contributed by atoms with van der Waals surface area (Å²) in [5, 5.41) is 17.4. The zero-order valence-corrected chi connectivity index (χ0v) is 6.28. The van der Waals surface area contributed by atoms with Crippen molar-refractivity contribution in [1.29, 1.82) is 5.41 Å². The lowest BCUT2D eigenvalue weighted by molar-refractivity contribution is -0.0618. The molecule has 1 rings (SSSR count). The molecular weight excluding hydrogens is 142 g/mol. The summed E-state index contributed by atoms with van der Waals surface area (Å²) in [4.78, 5) is 0. The molecule has 0 aliphatic carbocycles. The van der Waals surface area contributed by atoms with Crippen LogP contribution in [0.1, 0.15) is 6.92 Å². The number of nitrogens with one attached hydrogen (secondary N) is 1. The van der Waals surface area contributed by atoms with E-state index in [1.54, 1.807) is 25.2 Å². The Morgan fingerprint density at radius 3 is 2.91 bits per heavy atom. The van der Waals surface area contributed by atoms with E-state index in [4.69, 9.17) is 11.1 Å². The summed E-state index contributed by atoms with van der Waals surface area (Å²) in [6, 6.07) is -0.500. The molecule has 1 unspecified atom stereocenters. The molecule has 4 nitrogen and oxygen atoms in total. The van der Waals surface area contributed by atoms with Gasteiger partial charge in [-0.2, -0.15) is 0 Å². The van der Waals surface area contributed by atoms with Crippen molar-refractivity contribution >= 4 is 5.84 Å². The summed E-state index contributed by atoms with van der Waals surface area (Å²) >= 11 is 0. The minimum absolute atomic E-state index is 0.0591. The van der Waals surface area contributed by atoms with Crippen LogP contribution < -0.4 is 5.73 Å². The summed E-state index contributed by atoms with van der Waals surface area (Å²) in [5.74, 6) is -0.0591. The first kappa shape index (κ1) is 7.81. The molecule has 0 aromatic rings. The highest BCUT2D eigenvalue weighted by Crippen LogP contribution is 2.11. The van der Waals surface area contributed by atoms with Gasteiger partial charge in [0.1, 0.15) is 11.9 Å². The summed E-state index contributed by atoms with van der Waals surface area (Å²) < 4.78 is 0. The van der Waals surface area contributed by atoms with E-state index < -0.39 is 6.04 Å². The van der Waals surface area contributed by atoms with Crippen LogP contribution in [0.5, 0.6) is 0 Å². The Morgan fingerprint density at radius 1 is 1.82 bits per heavy atom. The van der Waals surface area contributed by atoms with Crippen molar-refractivity contribution in [2.75, 3.05) is 0 Å². The normalized spacial score (nSPS) is 23.3. The van der Waals surface area contributed by atoms with Crippen LogP contribution in [-0.4, -0.2) is 22.1 Å². The van der Waals surface area contributed by atoms with Gasteiger partial charge in [0.2, 0.25) is 0 Å². The number of nitrogens with zero attached hydrogens (tertiary/aromatic N) is 1. The monoisotopic (exact) mass is 153 g/mol. The standard InChI is InChI=1S/C7H11N3O/c1-5-3-2-4-6(7(8)9)10(5)11/h2-4,6,11H,1H3,(H3,8,9). The lowest BCUT2D eigenvalue weighted by Gasteiger charge is -2.26. The van der Waals surface area contributed by atoms with Crippen LogP contribution in [0, 0.1) is 5.41 Å². The first-order valence-electron chi connectivity index (χ1n) is 3.30. The maximum absolute atomic E-state index is 9.30. The molecule has 0 fully saturated rings. The van der Waals surface area contributed by atoms with E-state index in [0.29, 0.717) is 5.70 Å². The van der Waals surface area contributed by atoms with Gasteiger partial charge in [0.05, 0.1) is 0 Å². The van der Waals surface area contributed by atoms with Crippen LogP contribution in [0.3, 0.4) is 0 Å². The second-order valence-corrected chi connectivity index (χ2v) is 2.44. The van der Waals surface area contributed by atoms with Gasteiger partial charge < -0.3 is 5.73 Å². The third-order valence-electron chi connectivity index (χ3n) is 1.57. The number of hydrogen-bond acceptors (Lipinski definition) is 3. The smallest absolute Gasteiger partial charge is 0.131 e. The SMILES string of the molecule is CC1=CC=CC(C(=N)N)N1O. The van der Waals surface area contributed by atoms with E-state index in [1.165, 1.54) is 0 Å². The Kier molecular flexibility index (Phi) is 1.96. The molecular formula is C7H11N3O. The van der Waals surface area contributed by atoms with E-state index in [0.717, 1.165) is 5.06 Å². The van der Waals surface area contributed by atoms with Crippen molar-refractivity contribution in [3.05, 3.63) is 23.9 Å². The summed E-state index contributed by atoms with van der Waals surface area (Å²) in [6.07, 6.45) is 5.18. The van der Waals surface area contributed by atoms with Gasteiger partial charge in [0.15, 0.2) is 0 Å². The molecule has 0 radical (unpaired) electrons. The van der Waals surface area contributed by atoms with Crippen LogP contribution >= 0.6 is 0 Å². The van der Waals surface area contributed by atoms with Gasteiger partial charge in [-0.05, 0) is 13.0 Å². The molecule has 1 aliphatic heterocycles. The second kappa shape index (κ2) is 2.75. The fourth-order valence-corrected chi connectivity index (χ4v) is 0.913. The number of amidine groups is 1. The van der Waals surface area contributed by atoms with Crippen molar-refractivity contribution in [3.63, 3.8) is 0 Å². The lowest BCUT2D eigenvalue weighted by atomic mass is 10.1. The molecule has 11 heavy (non-hydrogen) atoms. The largest absolute Gasteiger partial charge is 0.386 e. The molecule has 4 heteroatoms. The lowest BCUT2D eigenvalue weighted by Crippen LogP contribution is -2.41. The number of rotatable bonds is 1. The molecule has 1 atom stereocenters. The van der Waals surface area contributed by atoms with E-state index in [1.807, 2.05) is 0 Å². The van der Waals surface area contributed by atoms with Crippen LogP contribution in [0.4, 0.5) is 0 Å². The van der Waals surface area contributed by atoms with Crippen molar-refractivity contribution in [3.8, 4) is 0 Å². The predicted molar refractivity (Wildman–Crippen MR) is 42.2 cm³/mol. The van der Waals surface area contributed by atoms with Gasteiger partial charge in [-0.1, -0.05) is 12.2 Å². The van der Waals surface area contributed by atoms with E-state index in [2.05, 4.69) is 0 Å². The van der Waals surface area contributed by atoms with Gasteiger partial charge in [0, 0.05) is 5.70 Å². The molecule has 0 amide bonds. The fraction of sp³-hybridized carbons (Fsp3) is 0.286. The molecule has 0 aromatic heterocycles. The number of hydroxylamine groups is 2. The third kappa shape index (κ3) is 1.40. The highest BCUT2D eigenvalue weighted by atomic mass is 16.5. The number of hydrogen-bond donors (Lipinski definition) is 3. The Morgan fingerprint density at radius 2 is 2.45 bits per heavy atom. The Bertz CT molecular complexity index is 232. The van der Waals surface area contributed by atoms with Crippen LogP contribution in [0.2, 0.25) is 0 Å². The Hall–Kier alpha value is -1.29. The highest BCUT2D eigenvalue weighted by Gasteiger charge is 2.18. The first-order valence-corrected chi connectivity index (χ1v) is 3.30. The summed E-state index contributed by atoms with van der Waals surface area (Å²) in [7, 11) is 0. The van der Waals surface area contributed by atoms with Gasteiger partial charge in [-0.3, -0.25) is 10.6 Å². The fourth-order valence-electron chi connectivity index (χ4n) is 0.913. The quantitative estimate of drug-likeness (QED) is 0.378. The van der Waals surface area contributed by atoms with Gasteiger partial charge in [-0.15, -0.1) is 0 Å². The summed E-state index contributed by atoms with van der Waals surface area (Å²) in [6.45, 7) is 1.75. The molecule has 0 spiro atoms. The molecule has 1 aliphatic rings. The molecule has 60 valence electrons. The topological polar surface area (TPSA) is 73.3 Å². The third-order valence-corrected chi connectivity index (χ3v) is 1.57. The van der Waals surface area contributed by atoms with Gasteiger partial charge in [-0.25, -0.2) is 5.06 Å². The van der Waals surface area contributed by atoms with E-state index in [9.17, 15) is 5.21 Å². The molecule has 0 bridgehead atoms. The highest BCUT2D eigenvalue weighted by molar-refractivity contribution is 5.85. The Labute approximate surface area is 65.1 Å².